The highest BCUT2D eigenvalue weighted by Gasteiger charge is 2.49. The number of esters is 1. The predicted octanol–water partition coefficient (Wildman–Crippen LogP) is 3.05. The molecule has 0 fully saturated rings. The number of ether oxygens (including phenoxy) is 1. The first-order valence-corrected chi connectivity index (χ1v) is 13.5. The molecule has 6 heteroatoms. The number of hydrogen-bond acceptors (Lipinski definition) is 3. The normalized spacial score (nSPS) is 15.9. The minimum absolute atomic E-state index is 0.303. The van der Waals surface area contributed by atoms with E-state index < -0.39 is 33.2 Å². The summed E-state index contributed by atoms with van der Waals surface area (Å²) in [6.07, 6.45) is 0. The second kappa shape index (κ2) is 6.01. The zero-order chi connectivity index (χ0) is 14.7. The average molecular weight is 291 g/mol. The van der Waals surface area contributed by atoms with Crippen molar-refractivity contribution < 1.29 is 19.4 Å². The summed E-state index contributed by atoms with van der Waals surface area (Å²) in [6, 6.07) is 0. The van der Waals surface area contributed by atoms with Gasteiger partial charge in [-0.3, -0.25) is 9.59 Å². The molecule has 2 unspecified atom stereocenters. The summed E-state index contributed by atoms with van der Waals surface area (Å²) >= 11 is 0. The Kier molecular flexibility index (Phi) is 5.80. The van der Waals surface area contributed by atoms with Crippen molar-refractivity contribution in [1.82, 2.24) is 0 Å². The van der Waals surface area contributed by atoms with Gasteiger partial charge in [0.15, 0.2) is 0 Å². The first-order chi connectivity index (χ1) is 7.92. The Hall–Kier alpha value is -0.626. The molecule has 0 aromatic carbocycles. The standard InChI is InChI=1S/C12H26O4Si2/c1-8-16-12(15)10(18(5,6)7)9(11(13)14)17(2,3)4/h9-10H,8H2,1-7H3,(H,13,14). The minimum atomic E-state index is -1.98. The van der Waals surface area contributed by atoms with Crippen LogP contribution in [0, 0.1) is 0 Å². The molecule has 0 saturated heterocycles. The Bertz CT molecular complexity index is 315. The van der Waals surface area contributed by atoms with Gasteiger partial charge < -0.3 is 9.84 Å². The van der Waals surface area contributed by atoms with Crippen LogP contribution in [0.4, 0.5) is 0 Å². The summed E-state index contributed by atoms with van der Waals surface area (Å²) < 4.78 is 5.11. The summed E-state index contributed by atoms with van der Waals surface area (Å²) in [7, 11) is -3.92. The zero-order valence-corrected chi connectivity index (χ0v) is 14.5. The van der Waals surface area contributed by atoms with Gasteiger partial charge in [0.05, 0.1) is 33.8 Å². The smallest absolute Gasteiger partial charge is 0.306 e. The topological polar surface area (TPSA) is 63.6 Å². The van der Waals surface area contributed by atoms with Gasteiger partial charge in [-0.05, 0) is 6.92 Å². The number of carboxylic acid groups (broad SMARTS) is 1. The molecule has 106 valence electrons. The van der Waals surface area contributed by atoms with E-state index in [0.29, 0.717) is 6.61 Å². The molecular formula is C12H26O4Si2. The molecule has 0 aromatic rings. The minimum Gasteiger partial charge on any atom is -0.481 e. The molecule has 0 amide bonds. The number of carboxylic acids is 1. The largest absolute Gasteiger partial charge is 0.481 e. The summed E-state index contributed by atoms with van der Waals surface area (Å²) in [5.41, 5.74) is -1.02. The molecule has 0 aliphatic heterocycles. The maximum Gasteiger partial charge on any atom is 0.306 e. The Morgan fingerprint density at radius 3 is 1.61 bits per heavy atom. The van der Waals surface area contributed by atoms with Crippen LogP contribution in [-0.4, -0.2) is 39.8 Å². The van der Waals surface area contributed by atoms with Gasteiger partial charge in [0.2, 0.25) is 0 Å². The summed E-state index contributed by atoms with van der Waals surface area (Å²) in [4.78, 5) is 23.7. The van der Waals surface area contributed by atoms with Crippen molar-refractivity contribution in [2.45, 2.75) is 57.3 Å². The lowest BCUT2D eigenvalue weighted by atomic mass is 10.3. The number of rotatable bonds is 6. The van der Waals surface area contributed by atoms with Crippen LogP contribution in [0.15, 0.2) is 0 Å². The van der Waals surface area contributed by atoms with E-state index in [2.05, 4.69) is 0 Å². The SMILES string of the molecule is CCOC(=O)C(C(C(=O)O)[Si](C)(C)C)[Si](C)(C)C. The molecule has 1 N–H and O–H groups in total. The third kappa shape index (κ3) is 4.57. The maximum absolute atomic E-state index is 12.2. The molecule has 0 bridgehead atoms. The molecule has 0 rings (SSSR count). The third-order valence-electron chi connectivity index (χ3n) is 3.01. The van der Waals surface area contributed by atoms with Crippen LogP contribution in [-0.2, 0) is 14.3 Å². The third-order valence-corrected chi connectivity index (χ3v) is 8.22. The average Bonchev–Trinajstić information content (AvgIpc) is 2.09. The van der Waals surface area contributed by atoms with Crippen molar-refractivity contribution in [1.29, 1.82) is 0 Å². The van der Waals surface area contributed by atoms with Gasteiger partial charge in [0.25, 0.3) is 0 Å². The lowest BCUT2D eigenvalue weighted by Crippen LogP contribution is -2.48. The molecule has 4 nitrogen and oxygen atoms in total. The van der Waals surface area contributed by atoms with E-state index in [9.17, 15) is 14.7 Å². The highest BCUT2D eigenvalue weighted by Crippen LogP contribution is 2.42. The molecule has 0 aromatic heterocycles. The fourth-order valence-corrected chi connectivity index (χ4v) is 9.04. The highest BCUT2D eigenvalue weighted by molar-refractivity contribution is 6.87. The van der Waals surface area contributed by atoms with Crippen molar-refractivity contribution in [2.75, 3.05) is 6.61 Å². The molecular weight excluding hydrogens is 264 g/mol. The summed E-state index contributed by atoms with van der Waals surface area (Å²) in [5, 5.41) is 9.51. The van der Waals surface area contributed by atoms with Crippen LogP contribution in [0.3, 0.4) is 0 Å². The second-order valence-corrected chi connectivity index (χ2v) is 17.5. The monoisotopic (exact) mass is 290 g/mol. The first-order valence-electron chi connectivity index (χ1n) is 6.32. The summed E-state index contributed by atoms with van der Waals surface area (Å²) in [6.45, 7) is 14.1. The van der Waals surface area contributed by atoms with Gasteiger partial charge in [-0.25, -0.2) is 0 Å². The van der Waals surface area contributed by atoms with Crippen molar-refractivity contribution in [3.63, 3.8) is 0 Å². The van der Waals surface area contributed by atoms with E-state index in [4.69, 9.17) is 4.74 Å². The molecule has 0 radical (unpaired) electrons. The van der Waals surface area contributed by atoms with Gasteiger partial charge in [-0.1, -0.05) is 39.3 Å². The first kappa shape index (κ1) is 17.4. The molecule has 2 atom stereocenters. The van der Waals surface area contributed by atoms with Crippen molar-refractivity contribution in [3.05, 3.63) is 0 Å². The summed E-state index contributed by atoms with van der Waals surface area (Å²) in [5.74, 6) is -1.18. The fraction of sp³-hybridized carbons (Fsp3) is 0.833. The lowest BCUT2D eigenvalue weighted by Gasteiger charge is -2.37. The van der Waals surface area contributed by atoms with Gasteiger partial charge in [-0.2, -0.15) is 0 Å². The lowest BCUT2D eigenvalue weighted by molar-refractivity contribution is -0.147. The Morgan fingerprint density at radius 2 is 1.39 bits per heavy atom. The Balaban J connectivity index is 5.54. The molecule has 0 heterocycles. The van der Waals surface area contributed by atoms with Crippen LogP contribution in [0.25, 0.3) is 0 Å². The Morgan fingerprint density at radius 1 is 1.00 bits per heavy atom. The van der Waals surface area contributed by atoms with E-state index in [1.807, 2.05) is 39.3 Å². The van der Waals surface area contributed by atoms with Gasteiger partial charge in [-0.15, -0.1) is 0 Å². The quantitative estimate of drug-likeness (QED) is 0.603. The van der Waals surface area contributed by atoms with Crippen molar-refractivity contribution in [2.24, 2.45) is 0 Å². The Labute approximate surface area is 112 Å². The van der Waals surface area contributed by atoms with Crippen molar-refractivity contribution >= 4 is 28.1 Å². The van der Waals surface area contributed by atoms with Crippen LogP contribution in [0.5, 0.6) is 0 Å². The maximum atomic E-state index is 12.2. The molecule has 0 aliphatic rings. The predicted molar refractivity (Wildman–Crippen MR) is 78.5 cm³/mol. The second-order valence-electron chi connectivity index (χ2n) is 6.78. The van der Waals surface area contributed by atoms with E-state index in [0.717, 1.165) is 0 Å². The highest BCUT2D eigenvalue weighted by atomic mass is 28.3. The zero-order valence-electron chi connectivity index (χ0n) is 12.5. The van der Waals surface area contributed by atoms with E-state index in [1.165, 1.54) is 0 Å². The van der Waals surface area contributed by atoms with Crippen LogP contribution >= 0.6 is 0 Å². The van der Waals surface area contributed by atoms with E-state index in [1.54, 1.807) is 6.92 Å². The van der Waals surface area contributed by atoms with Gasteiger partial charge in [0, 0.05) is 0 Å². The van der Waals surface area contributed by atoms with Crippen molar-refractivity contribution in [3.8, 4) is 0 Å². The van der Waals surface area contributed by atoms with E-state index in [-0.39, 0.29) is 5.97 Å². The number of carbonyl (C=O) groups is 2. The van der Waals surface area contributed by atoms with Crippen LogP contribution in [0.2, 0.25) is 50.4 Å². The van der Waals surface area contributed by atoms with Crippen LogP contribution < -0.4 is 0 Å². The molecule has 0 spiro atoms. The molecule has 18 heavy (non-hydrogen) atoms. The number of hydrogen-bond donors (Lipinski definition) is 1. The van der Waals surface area contributed by atoms with Gasteiger partial charge in [0.1, 0.15) is 0 Å². The van der Waals surface area contributed by atoms with Crippen LogP contribution in [0.1, 0.15) is 6.92 Å². The van der Waals surface area contributed by atoms with E-state index >= 15 is 0 Å². The number of aliphatic carboxylic acids is 1. The van der Waals surface area contributed by atoms with Gasteiger partial charge >= 0.3 is 11.9 Å². The fourth-order valence-electron chi connectivity index (χ4n) is 2.23. The molecule has 0 saturated carbocycles. The molecule has 0 aliphatic carbocycles. The number of carbonyl (C=O) groups excluding carboxylic acids is 1.